The second kappa shape index (κ2) is 11.2. The van der Waals surface area contributed by atoms with Crippen molar-refractivity contribution in [3.8, 4) is 17.0 Å². The third-order valence-electron chi connectivity index (χ3n) is 7.64. The minimum absolute atomic E-state index is 0.0543. The third kappa shape index (κ3) is 5.14. The molecule has 2 fully saturated rings. The Hall–Kier alpha value is -3.25. The zero-order valence-electron chi connectivity index (χ0n) is 20.8. The molecule has 2 heterocycles. The van der Waals surface area contributed by atoms with Crippen LogP contribution in [0.3, 0.4) is 0 Å². The van der Waals surface area contributed by atoms with E-state index in [9.17, 15) is 4.79 Å². The number of carbonyl (C=O) groups is 1. The zero-order valence-corrected chi connectivity index (χ0v) is 20.8. The number of nitrogens with one attached hydrogen (secondary N) is 1. The molecule has 1 saturated carbocycles. The minimum atomic E-state index is -0.336. The van der Waals surface area contributed by atoms with E-state index in [1.54, 1.807) is 13.2 Å². The number of rotatable bonds is 7. The number of nitrogens with zero attached hydrogens (tertiary/aromatic N) is 2. The number of carbonyl (C=O) groups excluding carboxylic acids is 1. The molecule has 1 saturated heterocycles. The normalized spacial score (nSPS) is 20.4. The highest BCUT2D eigenvalue weighted by molar-refractivity contribution is 5.80. The number of benzene rings is 2. The largest absolute Gasteiger partial charge is 0.481 e. The monoisotopic (exact) mass is 487 g/mol. The van der Waals surface area contributed by atoms with Crippen LogP contribution < -0.4 is 10.1 Å². The van der Waals surface area contributed by atoms with Crippen LogP contribution in [0, 0.1) is 11.7 Å². The van der Waals surface area contributed by atoms with Gasteiger partial charge in [-0.05, 0) is 37.0 Å². The van der Waals surface area contributed by atoms with Gasteiger partial charge in [0.1, 0.15) is 5.82 Å². The summed E-state index contributed by atoms with van der Waals surface area (Å²) in [7, 11) is 1.62. The minimum Gasteiger partial charge on any atom is -0.481 e. The van der Waals surface area contributed by atoms with Gasteiger partial charge in [0.25, 0.3) is 0 Å². The molecule has 1 aliphatic carbocycles. The van der Waals surface area contributed by atoms with Crippen molar-refractivity contribution in [3.05, 3.63) is 83.8 Å². The van der Waals surface area contributed by atoms with Gasteiger partial charge in [0.05, 0.1) is 13.2 Å². The van der Waals surface area contributed by atoms with Crippen molar-refractivity contribution in [1.29, 1.82) is 0 Å². The number of likely N-dealkylation sites (tertiary alicyclic amines) is 1. The van der Waals surface area contributed by atoms with E-state index in [-0.39, 0.29) is 29.7 Å². The van der Waals surface area contributed by atoms with Crippen LogP contribution in [0.5, 0.6) is 5.88 Å². The molecule has 0 bridgehead atoms. The summed E-state index contributed by atoms with van der Waals surface area (Å²) >= 11 is 0. The molecule has 1 aromatic heterocycles. The van der Waals surface area contributed by atoms with Crippen LogP contribution in [0.25, 0.3) is 11.1 Å². The van der Waals surface area contributed by atoms with Gasteiger partial charge in [-0.15, -0.1) is 0 Å². The molecule has 36 heavy (non-hydrogen) atoms. The first-order valence-corrected chi connectivity index (χ1v) is 13.0. The molecule has 1 aliphatic heterocycles. The summed E-state index contributed by atoms with van der Waals surface area (Å²) in [6.45, 7) is 1.14. The van der Waals surface area contributed by atoms with Crippen molar-refractivity contribution in [2.75, 3.05) is 13.7 Å². The standard InChI is InChI=1S/C30H34FN3O2/c1-36-29-24(18-23(19-33-29)21-10-4-2-5-11-21)20-32-27-16-17-34(30(35)22-12-6-3-7-13-22)28(27)25-14-8-9-15-26(25)31/h2,4-5,8-11,14-15,18-19,22,27-28,32H,3,6-7,12-13,16-17,20H2,1H3. The molecular weight excluding hydrogens is 453 g/mol. The number of aromatic nitrogens is 1. The zero-order chi connectivity index (χ0) is 24.9. The van der Waals surface area contributed by atoms with Gasteiger partial charge in [0.15, 0.2) is 0 Å². The van der Waals surface area contributed by atoms with Gasteiger partial charge in [0.2, 0.25) is 11.8 Å². The molecule has 2 unspecified atom stereocenters. The van der Waals surface area contributed by atoms with Crippen LogP contribution in [0.1, 0.15) is 55.7 Å². The second-order valence-corrected chi connectivity index (χ2v) is 9.87. The Bertz CT molecular complexity index is 1180. The highest BCUT2D eigenvalue weighted by Gasteiger charge is 2.41. The Morgan fingerprint density at radius 3 is 2.53 bits per heavy atom. The first-order valence-electron chi connectivity index (χ1n) is 13.0. The Morgan fingerprint density at radius 2 is 1.78 bits per heavy atom. The lowest BCUT2D eigenvalue weighted by molar-refractivity contribution is -0.137. The van der Waals surface area contributed by atoms with Crippen molar-refractivity contribution in [1.82, 2.24) is 15.2 Å². The molecule has 1 amide bonds. The topological polar surface area (TPSA) is 54.5 Å². The maximum atomic E-state index is 15.0. The Balaban J connectivity index is 1.39. The van der Waals surface area contributed by atoms with Crippen molar-refractivity contribution in [3.63, 3.8) is 0 Å². The molecule has 2 aromatic carbocycles. The Labute approximate surface area is 212 Å². The van der Waals surface area contributed by atoms with Crippen molar-refractivity contribution >= 4 is 5.91 Å². The average molecular weight is 488 g/mol. The van der Waals surface area contributed by atoms with Crippen LogP contribution >= 0.6 is 0 Å². The molecule has 5 nitrogen and oxygen atoms in total. The summed E-state index contributed by atoms with van der Waals surface area (Å²) in [4.78, 5) is 20.0. The summed E-state index contributed by atoms with van der Waals surface area (Å²) in [6.07, 6.45) is 7.86. The molecule has 3 aromatic rings. The highest BCUT2D eigenvalue weighted by atomic mass is 19.1. The molecule has 2 atom stereocenters. The van der Waals surface area contributed by atoms with Crippen LogP contribution in [-0.4, -0.2) is 35.5 Å². The van der Waals surface area contributed by atoms with E-state index in [0.29, 0.717) is 24.5 Å². The van der Waals surface area contributed by atoms with Gasteiger partial charge in [-0.2, -0.15) is 0 Å². The summed E-state index contributed by atoms with van der Waals surface area (Å²) in [5.41, 5.74) is 3.62. The van der Waals surface area contributed by atoms with Crippen LogP contribution in [0.4, 0.5) is 4.39 Å². The maximum absolute atomic E-state index is 15.0. The number of pyridine rings is 1. The molecule has 2 aliphatic rings. The molecular formula is C30H34FN3O2. The van der Waals surface area contributed by atoms with E-state index >= 15 is 4.39 Å². The van der Waals surface area contributed by atoms with Crippen LogP contribution in [0.2, 0.25) is 0 Å². The van der Waals surface area contributed by atoms with E-state index in [1.807, 2.05) is 41.4 Å². The predicted octanol–water partition coefficient (Wildman–Crippen LogP) is 5.91. The van der Waals surface area contributed by atoms with E-state index in [2.05, 4.69) is 28.5 Å². The molecule has 5 rings (SSSR count). The maximum Gasteiger partial charge on any atom is 0.226 e. The number of amides is 1. The smallest absolute Gasteiger partial charge is 0.226 e. The second-order valence-electron chi connectivity index (χ2n) is 9.87. The highest BCUT2D eigenvalue weighted by Crippen LogP contribution is 2.37. The lowest BCUT2D eigenvalue weighted by atomic mass is 9.87. The number of methoxy groups -OCH3 is 1. The summed E-state index contributed by atoms with van der Waals surface area (Å²) in [6, 6.07) is 18.7. The SMILES string of the molecule is COc1ncc(-c2ccccc2)cc1CNC1CCN(C(=O)C2CCCCC2)C1c1ccccc1F. The van der Waals surface area contributed by atoms with Crippen molar-refractivity contribution < 1.29 is 13.9 Å². The molecule has 6 heteroatoms. The molecule has 0 radical (unpaired) electrons. The van der Waals surface area contributed by atoms with Gasteiger partial charge in [0, 0.05) is 47.9 Å². The number of halogens is 1. The fourth-order valence-corrected chi connectivity index (χ4v) is 5.77. The van der Waals surface area contributed by atoms with Crippen molar-refractivity contribution in [2.45, 2.75) is 57.2 Å². The number of hydrogen-bond acceptors (Lipinski definition) is 4. The van der Waals surface area contributed by atoms with Crippen LogP contribution in [-0.2, 0) is 11.3 Å². The first kappa shape index (κ1) is 24.4. The van der Waals surface area contributed by atoms with Gasteiger partial charge >= 0.3 is 0 Å². The predicted molar refractivity (Wildman–Crippen MR) is 139 cm³/mol. The first-order chi connectivity index (χ1) is 17.7. The number of hydrogen-bond donors (Lipinski definition) is 1. The van der Waals surface area contributed by atoms with E-state index in [0.717, 1.165) is 48.8 Å². The van der Waals surface area contributed by atoms with Gasteiger partial charge in [-0.3, -0.25) is 4.79 Å². The molecule has 0 spiro atoms. The van der Waals surface area contributed by atoms with Gasteiger partial charge < -0.3 is 15.0 Å². The number of ether oxygens (including phenoxy) is 1. The van der Waals surface area contributed by atoms with E-state index in [1.165, 1.54) is 12.5 Å². The lowest BCUT2D eigenvalue weighted by Gasteiger charge is -2.33. The van der Waals surface area contributed by atoms with Gasteiger partial charge in [-0.1, -0.05) is 67.8 Å². The van der Waals surface area contributed by atoms with Gasteiger partial charge in [-0.25, -0.2) is 9.37 Å². The summed E-state index contributed by atoms with van der Waals surface area (Å²) < 4.78 is 20.6. The summed E-state index contributed by atoms with van der Waals surface area (Å²) in [5.74, 6) is 0.539. The fraction of sp³-hybridized carbons (Fsp3) is 0.400. The van der Waals surface area contributed by atoms with Crippen LogP contribution in [0.15, 0.2) is 66.9 Å². The molecule has 188 valence electrons. The van der Waals surface area contributed by atoms with E-state index in [4.69, 9.17) is 4.74 Å². The fourth-order valence-electron chi connectivity index (χ4n) is 5.77. The Morgan fingerprint density at radius 1 is 1.03 bits per heavy atom. The van der Waals surface area contributed by atoms with Crippen molar-refractivity contribution in [2.24, 2.45) is 5.92 Å². The molecule has 1 N–H and O–H groups in total. The quantitative estimate of drug-likeness (QED) is 0.450. The third-order valence-corrected chi connectivity index (χ3v) is 7.64. The van der Waals surface area contributed by atoms with E-state index < -0.39 is 0 Å². The average Bonchev–Trinajstić information content (AvgIpc) is 3.36. The Kier molecular flexibility index (Phi) is 7.61. The summed E-state index contributed by atoms with van der Waals surface area (Å²) in [5, 5.41) is 3.63. The lowest BCUT2D eigenvalue weighted by Crippen LogP contribution is -2.41.